The summed E-state index contributed by atoms with van der Waals surface area (Å²) in [5.74, 6) is -0.745. The fraction of sp³-hybridized carbons (Fsp3) is 0.273. The molecule has 8 heteroatoms. The number of aryl methyl sites for hydroxylation is 2. The first-order chi connectivity index (χ1) is 8.92. The highest BCUT2D eigenvalue weighted by Gasteiger charge is 2.21. The molecule has 6 nitrogen and oxygen atoms in total. The van der Waals surface area contributed by atoms with Gasteiger partial charge in [-0.3, -0.25) is 0 Å². The minimum atomic E-state index is -4.07. The fourth-order valence-corrected chi connectivity index (χ4v) is 2.43. The van der Waals surface area contributed by atoms with Gasteiger partial charge < -0.3 is 4.52 Å². The lowest BCUT2D eigenvalue weighted by Crippen LogP contribution is -2.15. The molecule has 2 aromatic rings. The summed E-state index contributed by atoms with van der Waals surface area (Å²) in [6, 6.07) is 3.83. The SMILES string of the molecule is CCc1nc(NS(=O)(=O)c2ccc(C)cc2F)no1. The van der Waals surface area contributed by atoms with E-state index in [0.717, 1.165) is 6.07 Å². The van der Waals surface area contributed by atoms with Crippen molar-refractivity contribution in [3.63, 3.8) is 0 Å². The third kappa shape index (κ3) is 2.90. The Hall–Kier alpha value is -1.96. The number of rotatable bonds is 4. The molecular formula is C11H12FN3O3S. The zero-order valence-electron chi connectivity index (χ0n) is 10.3. The van der Waals surface area contributed by atoms with Crippen LogP contribution in [0.2, 0.25) is 0 Å². The number of aromatic nitrogens is 2. The van der Waals surface area contributed by atoms with E-state index < -0.39 is 20.7 Å². The van der Waals surface area contributed by atoms with Gasteiger partial charge in [0.05, 0.1) is 0 Å². The van der Waals surface area contributed by atoms with Gasteiger partial charge in [-0.05, 0) is 29.8 Å². The molecule has 1 N–H and O–H groups in total. The second kappa shape index (κ2) is 4.96. The molecule has 0 aliphatic rings. The monoisotopic (exact) mass is 285 g/mol. The van der Waals surface area contributed by atoms with E-state index in [2.05, 4.69) is 14.9 Å². The van der Waals surface area contributed by atoms with E-state index in [1.807, 2.05) is 0 Å². The number of halogens is 1. The third-order valence-corrected chi connectivity index (χ3v) is 3.73. The van der Waals surface area contributed by atoms with Gasteiger partial charge in [0, 0.05) is 6.42 Å². The summed E-state index contributed by atoms with van der Waals surface area (Å²) in [5.41, 5.74) is 0.629. The lowest BCUT2D eigenvalue weighted by molar-refractivity contribution is 0.383. The molecule has 2 rings (SSSR count). The van der Waals surface area contributed by atoms with Crippen molar-refractivity contribution < 1.29 is 17.3 Å². The van der Waals surface area contributed by atoms with E-state index in [1.54, 1.807) is 13.8 Å². The smallest absolute Gasteiger partial charge is 0.277 e. The summed E-state index contributed by atoms with van der Waals surface area (Å²) in [4.78, 5) is 3.34. The molecule has 0 amide bonds. The van der Waals surface area contributed by atoms with Gasteiger partial charge in [-0.25, -0.2) is 17.5 Å². The summed E-state index contributed by atoms with van der Waals surface area (Å²) in [7, 11) is -4.07. The molecule has 0 aliphatic carbocycles. The molecule has 0 unspecified atom stereocenters. The largest absolute Gasteiger partial charge is 0.337 e. The first-order valence-corrected chi connectivity index (χ1v) is 7.02. The number of hydrogen-bond acceptors (Lipinski definition) is 5. The van der Waals surface area contributed by atoms with Crippen molar-refractivity contribution in [3.8, 4) is 0 Å². The molecule has 0 spiro atoms. The van der Waals surface area contributed by atoms with Crippen LogP contribution >= 0.6 is 0 Å². The first-order valence-electron chi connectivity index (χ1n) is 5.54. The van der Waals surface area contributed by atoms with Crippen LogP contribution in [-0.2, 0) is 16.4 Å². The molecule has 0 atom stereocenters. The van der Waals surface area contributed by atoms with Crippen molar-refractivity contribution in [2.75, 3.05) is 4.72 Å². The summed E-state index contributed by atoms with van der Waals surface area (Å²) in [6.45, 7) is 3.45. The lowest BCUT2D eigenvalue weighted by atomic mass is 10.2. The van der Waals surface area contributed by atoms with E-state index in [4.69, 9.17) is 4.52 Å². The van der Waals surface area contributed by atoms with Crippen LogP contribution < -0.4 is 4.72 Å². The molecule has 0 fully saturated rings. The van der Waals surface area contributed by atoms with E-state index in [9.17, 15) is 12.8 Å². The lowest BCUT2D eigenvalue weighted by Gasteiger charge is -2.05. The predicted molar refractivity (Wildman–Crippen MR) is 65.6 cm³/mol. The minimum Gasteiger partial charge on any atom is -0.337 e. The molecule has 1 heterocycles. The molecular weight excluding hydrogens is 273 g/mol. The number of nitrogens with one attached hydrogen (secondary N) is 1. The van der Waals surface area contributed by atoms with Crippen molar-refractivity contribution in [2.24, 2.45) is 0 Å². The zero-order valence-corrected chi connectivity index (χ0v) is 11.2. The molecule has 1 aromatic heterocycles. The van der Waals surface area contributed by atoms with Crippen LogP contribution in [0.5, 0.6) is 0 Å². The molecule has 19 heavy (non-hydrogen) atoms. The standard InChI is InChI=1S/C11H12FN3O3S/c1-3-10-13-11(14-18-10)15-19(16,17)9-5-4-7(2)6-8(9)12/h4-6H,3H2,1-2H3,(H,14,15). The molecule has 0 saturated heterocycles. The Morgan fingerprint density at radius 2 is 2.16 bits per heavy atom. The first kappa shape index (κ1) is 13.5. The number of benzene rings is 1. The maximum absolute atomic E-state index is 13.6. The van der Waals surface area contributed by atoms with Crippen LogP contribution in [0, 0.1) is 12.7 Å². The maximum Gasteiger partial charge on any atom is 0.277 e. The quantitative estimate of drug-likeness (QED) is 0.927. The highest BCUT2D eigenvalue weighted by molar-refractivity contribution is 7.92. The van der Waals surface area contributed by atoms with Crippen molar-refractivity contribution in [3.05, 3.63) is 35.5 Å². The van der Waals surface area contributed by atoms with Gasteiger partial charge in [0.1, 0.15) is 10.7 Å². The highest BCUT2D eigenvalue weighted by atomic mass is 32.2. The average molecular weight is 285 g/mol. The zero-order chi connectivity index (χ0) is 14.0. The maximum atomic E-state index is 13.6. The van der Waals surface area contributed by atoms with Crippen molar-refractivity contribution in [1.82, 2.24) is 10.1 Å². The molecule has 0 aliphatic heterocycles. The summed E-state index contributed by atoms with van der Waals surface area (Å²) in [5, 5.41) is 3.45. The number of anilines is 1. The summed E-state index contributed by atoms with van der Waals surface area (Å²) < 4.78 is 44.4. The summed E-state index contributed by atoms with van der Waals surface area (Å²) >= 11 is 0. The minimum absolute atomic E-state index is 0.211. The van der Waals surface area contributed by atoms with Crippen molar-refractivity contribution in [1.29, 1.82) is 0 Å². The van der Waals surface area contributed by atoms with Crippen LogP contribution in [0.25, 0.3) is 0 Å². The van der Waals surface area contributed by atoms with Gasteiger partial charge in [0.15, 0.2) is 0 Å². The Labute approximate surface area is 109 Å². The van der Waals surface area contributed by atoms with Crippen molar-refractivity contribution >= 4 is 16.0 Å². The van der Waals surface area contributed by atoms with Gasteiger partial charge in [-0.2, -0.15) is 4.98 Å². The van der Waals surface area contributed by atoms with E-state index >= 15 is 0 Å². The summed E-state index contributed by atoms with van der Waals surface area (Å²) in [6.07, 6.45) is 0.480. The number of nitrogens with zero attached hydrogens (tertiary/aromatic N) is 2. The normalized spacial score (nSPS) is 11.5. The van der Waals surface area contributed by atoms with Gasteiger partial charge in [-0.1, -0.05) is 13.0 Å². The topological polar surface area (TPSA) is 85.1 Å². The van der Waals surface area contributed by atoms with Gasteiger partial charge in [0.25, 0.3) is 16.0 Å². The molecule has 0 radical (unpaired) electrons. The Morgan fingerprint density at radius 1 is 1.42 bits per heavy atom. The Balaban J connectivity index is 2.32. The molecule has 102 valence electrons. The Morgan fingerprint density at radius 3 is 2.74 bits per heavy atom. The van der Waals surface area contributed by atoms with Crippen LogP contribution in [0.4, 0.5) is 10.3 Å². The van der Waals surface area contributed by atoms with Gasteiger partial charge in [-0.15, -0.1) is 0 Å². The molecule has 0 saturated carbocycles. The third-order valence-electron chi connectivity index (χ3n) is 2.37. The fourth-order valence-electron chi connectivity index (χ4n) is 1.44. The average Bonchev–Trinajstić information content (AvgIpc) is 2.75. The predicted octanol–water partition coefficient (Wildman–Crippen LogP) is 1.88. The molecule has 1 aromatic carbocycles. The highest BCUT2D eigenvalue weighted by Crippen LogP contribution is 2.18. The van der Waals surface area contributed by atoms with Crippen molar-refractivity contribution in [2.45, 2.75) is 25.2 Å². The van der Waals surface area contributed by atoms with Gasteiger partial charge >= 0.3 is 0 Å². The number of hydrogen-bond donors (Lipinski definition) is 1. The second-order valence-electron chi connectivity index (χ2n) is 3.90. The Bertz CT molecular complexity index is 697. The Kier molecular flexibility index (Phi) is 3.52. The van der Waals surface area contributed by atoms with E-state index in [-0.39, 0.29) is 5.95 Å². The van der Waals surface area contributed by atoms with Crippen LogP contribution in [0.1, 0.15) is 18.4 Å². The van der Waals surface area contributed by atoms with Crippen LogP contribution in [0.3, 0.4) is 0 Å². The van der Waals surface area contributed by atoms with Gasteiger partial charge in [0.2, 0.25) is 5.89 Å². The molecule has 0 bridgehead atoms. The van der Waals surface area contributed by atoms with Crippen LogP contribution in [-0.4, -0.2) is 18.6 Å². The van der Waals surface area contributed by atoms with Crippen LogP contribution in [0.15, 0.2) is 27.6 Å². The number of sulfonamides is 1. The van der Waals surface area contributed by atoms with E-state index in [1.165, 1.54) is 12.1 Å². The second-order valence-corrected chi connectivity index (χ2v) is 5.56. The van der Waals surface area contributed by atoms with E-state index in [0.29, 0.717) is 17.9 Å².